The molecule has 0 unspecified atom stereocenters. The normalized spacial score (nSPS) is 12.1. The van der Waals surface area contributed by atoms with Gasteiger partial charge in [-0.1, -0.05) is 0 Å². The van der Waals surface area contributed by atoms with E-state index < -0.39 is 12.7 Å². The molecule has 0 aromatic carbocycles. The molecule has 2 rings (SSSR count). The molecule has 0 bridgehead atoms. The van der Waals surface area contributed by atoms with E-state index in [1.807, 2.05) is 0 Å². The second kappa shape index (κ2) is 5.46. The number of nitrogens with zero attached hydrogens (tertiary/aromatic N) is 4. The van der Waals surface area contributed by atoms with Gasteiger partial charge < -0.3 is 4.90 Å². The molecule has 0 N–H and O–H groups in total. The van der Waals surface area contributed by atoms with Crippen molar-refractivity contribution >= 4 is 39.2 Å². The highest BCUT2D eigenvalue weighted by Crippen LogP contribution is 2.30. The first kappa shape index (κ1) is 14.3. The van der Waals surface area contributed by atoms with E-state index in [9.17, 15) is 13.2 Å². The Morgan fingerprint density at radius 1 is 1.37 bits per heavy atom. The Bertz CT molecular complexity index is 571. The van der Waals surface area contributed by atoms with Crippen molar-refractivity contribution < 1.29 is 13.2 Å². The molecule has 9 heteroatoms. The largest absolute Gasteiger partial charge is 0.405 e. The van der Waals surface area contributed by atoms with Gasteiger partial charge in [-0.05, 0) is 18.5 Å². The molecule has 0 aliphatic rings. The summed E-state index contributed by atoms with van der Waals surface area (Å²) in [5, 5.41) is 0.557. The van der Waals surface area contributed by atoms with Crippen molar-refractivity contribution in [2.24, 2.45) is 0 Å². The number of hydrogen-bond acceptors (Lipinski definition) is 5. The number of halogens is 4. The molecule has 4 nitrogen and oxygen atoms in total. The van der Waals surface area contributed by atoms with Gasteiger partial charge >= 0.3 is 6.18 Å². The van der Waals surface area contributed by atoms with Gasteiger partial charge in [0.25, 0.3) is 0 Å². The highest BCUT2D eigenvalue weighted by molar-refractivity contribution is 7.13. The van der Waals surface area contributed by atoms with Crippen LogP contribution in [0.2, 0.25) is 0 Å². The number of rotatable bonds is 4. The zero-order valence-corrected chi connectivity index (χ0v) is 11.5. The zero-order valence-electron chi connectivity index (χ0n) is 9.91. The molecule has 0 aliphatic carbocycles. The molecule has 2 heterocycles. The summed E-state index contributed by atoms with van der Waals surface area (Å²) in [7, 11) is 0. The van der Waals surface area contributed by atoms with Gasteiger partial charge in [0.1, 0.15) is 23.5 Å². The van der Waals surface area contributed by atoms with Crippen LogP contribution in [0.4, 0.5) is 19.0 Å². The topological polar surface area (TPSA) is 41.9 Å². The molecule has 0 saturated carbocycles. The van der Waals surface area contributed by atoms with Gasteiger partial charge in [0, 0.05) is 12.4 Å². The Labute approximate surface area is 116 Å². The van der Waals surface area contributed by atoms with E-state index in [1.54, 1.807) is 6.92 Å². The van der Waals surface area contributed by atoms with Crippen molar-refractivity contribution in [1.82, 2.24) is 14.3 Å². The average molecular weight is 311 g/mol. The van der Waals surface area contributed by atoms with Crippen molar-refractivity contribution in [2.45, 2.75) is 13.1 Å². The van der Waals surface area contributed by atoms with Gasteiger partial charge in [-0.15, -0.1) is 11.6 Å². The van der Waals surface area contributed by atoms with Crippen LogP contribution in [0.15, 0.2) is 6.33 Å². The van der Waals surface area contributed by atoms with Crippen LogP contribution in [0.5, 0.6) is 0 Å². The molecule has 0 aliphatic heterocycles. The molecule has 0 fully saturated rings. The summed E-state index contributed by atoms with van der Waals surface area (Å²) in [6.45, 7) is 0.682. The van der Waals surface area contributed by atoms with E-state index in [0.29, 0.717) is 15.9 Å². The van der Waals surface area contributed by atoms with Crippen molar-refractivity contribution in [3.05, 3.63) is 12.0 Å². The maximum Gasteiger partial charge on any atom is 0.405 e. The molecule has 104 valence electrons. The van der Waals surface area contributed by atoms with E-state index in [1.165, 1.54) is 6.33 Å². The third kappa shape index (κ3) is 3.24. The highest BCUT2D eigenvalue weighted by Gasteiger charge is 2.32. The number of alkyl halides is 4. The predicted octanol–water partition coefficient (Wildman–Crippen LogP) is 3.00. The van der Waals surface area contributed by atoms with E-state index in [2.05, 4.69) is 14.3 Å². The Kier molecular flexibility index (Phi) is 4.10. The van der Waals surface area contributed by atoms with Crippen LogP contribution in [-0.4, -0.2) is 39.5 Å². The summed E-state index contributed by atoms with van der Waals surface area (Å²) < 4.78 is 41.9. The van der Waals surface area contributed by atoms with Crippen LogP contribution in [0.25, 0.3) is 10.2 Å². The minimum Gasteiger partial charge on any atom is -0.346 e. The third-order valence-electron chi connectivity index (χ3n) is 2.45. The second-order valence-electron chi connectivity index (χ2n) is 3.87. The maximum absolute atomic E-state index is 12.6. The Morgan fingerprint density at radius 2 is 2.11 bits per heavy atom. The zero-order chi connectivity index (χ0) is 14.0. The lowest BCUT2D eigenvalue weighted by atomic mass is 10.3. The van der Waals surface area contributed by atoms with Crippen LogP contribution < -0.4 is 4.90 Å². The fraction of sp³-hybridized carbons (Fsp3) is 0.500. The fourth-order valence-electron chi connectivity index (χ4n) is 1.72. The summed E-state index contributed by atoms with van der Waals surface area (Å²) in [4.78, 5) is 9.65. The first-order valence-electron chi connectivity index (χ1n) is 5.37. The summed E-state index contributed by atoms with van der Waals surface area (Å²) in [6.07, 6.45) is -3.08. The van der Waals surface area contributed by atoms with Crippen molar-refractivity contribution in [2.75, 3.05) is 23.9 Å². The molecule has 19 heavy (non-hydrogen) atoms. The Balaban J connectivity index is 2.46. The first-order chi connectivity index (χ1) is 8.92. The second-order valence-corrected chi connectivity index (χ2v) is 5.00. The van der Waals surface area contributed by atoms with E-state index >= 15 is 0 Å². The SMILES string of the molecule is Cc1nsc2ncnc(N(CCCl)CC(F)(F)F)c12. The molecule has 0 atom stereocenters. The van der Waals surface area contributed by atoms with Gasteiger partial charge in [-0.3, -0.25) is 0 Å². The van der Waals surface area contributed by atoms with Crippen molar-refractivity contribution in [1.29, 1.82) is 0 Å². The molecular weight excluding hydrogens is 301 g/mol. The lowest BCUT2D eigenvalue weighted by Gasteiger charge is -2.24. The number of aromatic nitrogens is 3. The summed E-state index contributed by atoms with van der Waals surface area (Å²) in [5.74, 6) is 0.312. The van der Waals surface area contributed by atoms with Crippen LogP contribution in [0.3, 0.4) is 0 Å². The van der Waals surface area contributed by atoms with Gasteiger partial charge in [0.15, 0.2) is 0 Å². The highest BCUT2D eigenvalue weighted by atomic mass is 35.5. The number of hydrogen-bond donors (Lipinski definition) is 0. The lowest BCUT2D eigenvalue weighted by Crippen LogP contribution is -2.36. The maximum atomic E-state index is 12.6. The van der Waals surface area contributed by atoms with E-state index in [-0.39, 0.29) is 18.2 Å². The smallest absolute Gasteiger partial charge is 0.346 e. The predicted molar refractivity (Wildman–Crippen MR) is 68.9 cm³/mol. The molecule has 0 saturated heterocycles. The van der Waals surface area contributed by atoms with Gasteiger partial charge in [0.2, 0.25) is 0 Å². The number of aryl methyl sites for hydroxylation is 1. The van der Waals surface area contributed by atoms with Crippen molar-refractivity contribution in [3.63, 3.8) is 0 Å². The summed E-state index contributed by atoms with van der Waals surface area (Å²) >= 11 is 6.71. The molecule has 0 spiro atoms. The van der Waals surface area contributed by atoms with Crippen LogP contribution in [0.1, 0.15) is 5.69 Å². The van der Waals surface area contributed by atoms with E-state index in [0.717, 1.165) is 16.4 Å². The molecule has 0 amide bonds. The fourth-order valence-corrected chi connectivity index (χ4v) is 2.67. The first-order valence-corrected chi connectivity index (χ1v) is 6.68. The molecule has 2 aromatic heterocycles. The number of fused-ring (bicyclic) bond motifs is 1. The minimum absolute atomic E-state index is 0.0580. The molecule has 2 aromatic rings. The lowest BCUT2D eigenvalue weighted by molar-refractivity contribution is -0.119. The minimum atomic E-state index is -4.32. The standard InChI is InChI=1S/C10H10ClF3N4S/c1-6-7-8(15-5-16-9(7)19-17-6)18(3-2-11)4-10(12,13)14/h5H,2-4H2,1H3. The quantitative estimate of drug-likeness (QED) is 0.814. The summed E-state index contributed by atoms with van der Waals surface area (Å²) in [6, 6.07) is 0. The Hall–Kier alpha value is -1.15. The monoisotopic (exact) mass is 310 g/mol. The summed E-state index contributed by atoms with van der Waals surface area (Å²) in [5.41, 5.74) is 0.623. The molecule has 0 radical (unpaired) electrons. The van der Waals surface area contributed by atoms with Crippen LogP contribution >= 0.6 is 23.1 Å². The molecular formula is C10H10ClF3N4S. The van der Waals surface area contributed by atoms with Crippen LogP contribution in [-0.2, 0) is 0 Å². The van der Waals surface area contributed by atoms with Gasteiger partial charge in [-0.2, -0.15) is 17.5 Å². The Morgan fingerprint density at radius 3 is 2.74 bits per heavy atom. The van der Waals surface area contributed by atoms with E-state index in [4.69, 9.17) is 11.6 Å². The number of anilines is 1. The van der Waals surface area contributed by atoms with Gasteiger partial charge in [-0.25, -0.2) is 9.97 Å². The van der Waals surface area contributed by atoms with Crippen molar-refractivity contribution in [3.8, 4) is 0 Å². The average Bonchev–Trinajstić information content (AvgIpc) is 2.69. The third-order valence-corrected chi connectivity index (χ3v) is 3.46. The van der Waals surface area contributed by atoms with Gasteiger partial charge in [0.05, 0.1) is 11.1 Å². The van der Waals surface area contributed by atoms with Crippen LogP contribution in [0, 0.1) is 6.92 Å².